The van der Waals surface area contributed by atoms with Crippen molar-refractivity contribution in [1.29, 1.82) is 0 Å². The number of fused-ring (bicyclic) bond motifs is 1. The quantitative estimate of drug-likeness (QED) is 0.375. The van der Waals surface area contributed by atoms with E-state index in [-0.39, 0.29) is 23.8 Å². The van der Waals surface area contributed by atoms with Gasteiger partial charge in [-0.05, 0) is 56.8 Å². The van der Waals surface area contributed by atoms with Gasteiger partial charge in [0.15, 0.2) is 0 Å². The number of likely N-dealkylation sites (tertiary alicyclic amines) is 1. The first-order valence-electron chi connectivity index (χ1n) is 15.5. The molecule has 5 unspecified atom stereocenters. The maximum Gasteiger partial charge on any atom is 0.246 e. The molecule has 224 valence electrons. The molecule has 0 radical (unpaired) electrons. The Hall–Kier alpha value is -2.91. The van der Waals surface area contributed by atoms with Crippen LogP contribution in [0.3, 0.4) is 0 Å². The summed E-state index contributed by atoms with van der Waals surface area (Å²) in [7, 11) is 1.58. The minimum atomic E-state index is -1.15. The Kier molecular flexibility index (Phi) is 9.04. The van der Waals surface area contributed by atoms with Crippen molar-refractivity contribution in [2.45, 2.75) is 83.1 Å². The van der Waals surface area contributed by atoms with Crippen LogP contribution in [0.15, 0.2) is 36.4 Å². The van der Waals surface area contributed by atoms with E-state index in [9.17, 15) is 14.4 Å². The molecular weight excluding hydrogens is 520 g/mol. The Bertz CT molecular complexity index is 1150. The summed E-state index contributed by atoms with van der Waals surface area (Å²) >= 11 is 0. The van der Waals surface area contributed by atoms with Gasteiger partial charge in [-0.2, -0.15) is 0 Å². The Morgan fingerprint density at radius 3 is 2.59 bits per heavy atom. The second kappa shape index (κ2) is 12.5. The van der Waals surface area contributed by atoms with E-state index in [0.717, 1.165) is 45.2 Å². The van der Waals surface area contributed by atoms with Crippen molar-refractivity contribution in [1.82, 2.24) is 15.1 Å². The minimum Gasteiger partial charge on any atom is -0.497 e. The van der Waals surface area contributed by atoms with Crippen LogP contribution in [0.4, 0.5) is 5.69 Å². The van der Waals surface area contributed by atoms with E-state index in [4.69, 9.17) is 9.47 Å². The normalized spacial score (nSPS) is 31.9. The average Bonchev–Trinajstić information content (AvgIpc) is 3.60. The van der Waals surface area contributed by atoms with Crippen molar-refractivity contribution in [2.75, 3.05) is 38.6 Å². The number of nitrogens with zero attached hydrogens (tertiary/aromatic N) is 2. The number of hydrogen-bond donors (Lipinski definition) is 2. The lowest BCUT2D eigenvalue weighted by Crippen LogP contribution is -2.58. The van der Waals surface area contributed by atoms with Crippen LogP contribution < -0.4 is 15.4 Å². The molecule has 9 heteroatoms. The van der Waals surface area contributed by atoms with Crippen LogP contribution in [0.1, 0.15) is 59.3 Å². The molecule has 3 amide bonds. The number of hydrogen-bond acceptors (Lipinski definition) is 6. The highest BCUT2D eigenvalue weighted by Gasteiger charge is 2.72. The van der Waals surface area contributed by atoms with Crippen molar-refractivity contribution in [3.8, 4) is 5.75 Å². The van der Waals surface area contributed by atoms with Crippen LogP contribution in [0, 0.1) is 17.8 Å². The predicted molar refractivity (Wildman–Crippen MR) is 157 cm³/mol. The van der Waals surface area contributed by atoms with E-state index < -0.39 is 29.6 Å². The fourth-order valence-electron chi connectivity index (χ4n) is 7.44. The molecule has 1 saturated carbocycles. The fourth-order valence-corrected chi connectivity index (χ4v) is 7.44. The molecule has 9 nitrogen and oxygen atoms in total. The summed E-state index contributed by atoms with van der Waals surface area (Å²) < 4.78 is 11.8. The number of nitrogens with one attached hydrogen (secondary N) is 2. The summed E-state index contributed by atoms with van der Waals surface area (Å²) in [5.41, 5.74) is -0.562. The zero-order valence-corrected chi connectivity index (χ0v) is 24.9. The molecule has 1 aliphatic carbocycles. The van der Waals surface area contributed by atoms with Crippen molar-refractivity contribution >= 4 is 23.4 Å². The van der Waals surface area contributed by atoms with Crippen LogP contribution in [0.2, 0.25) is 0 Å². The first kappa shape index (κ1) is 29.6. The number of benzene rings is 1. The molecule has 7 atom stereocenters. The molecule has 1 spiro atoms. The van der Waals surface area contributed by atoms with E-state index in [1.807, 2.05) is 18.2 Å². The van der Waals surface area contributed by atoms with Gasteiger partial charge in [-0.15, -0.1) is 0 Å². The zero-order valence-electron chi connectivity index (χ0n) is 24.9. The van der Waals surface area contributed by atoms with E-state index in [1.165, 1.54) is 6.42 Å². The second-order valence-corrected chi connectivity index (χ2v) is 12.2. The van der Waals surface area contributed by atoms with Gasteiger partial charge in [-0.1, -0.05) is 51.8 Å². The molecule has 41 heavy (non-hydrogen) atoms. The second-order valence-electron chi connectivity index (χ2n) is 12.2. The lowest BCUT2D eigenvalue weighted by Gasteiger charge is -2.36. The molecule has 3 aliphatic heterocycles. The van der Waals surface area contributed by atoms with Gasteiger partial charge in [0.25, 0.3) is 0 Å². The smallest absolute Gasteiger partial charge is 0.246 e. The summed E-state index contributed by atoms with van der Waals surface area (Å²) in [6, 6.07) is 6.42. The van der Waals surface area contributed by atoms with Crippen molar-refractivity contribution in [3.63, 3.8) is 0 Å². The number of methoxy groups -OCH3 is 1. The third-order valence-corrected chi connectivity index (χ3v) is 9.44. The van der Waals surface area contributed by atoms with Crippen LogP contribution in [0.25, 0.3) is 0 Å². The summed E-state index contributed by atoms with van der Waals surface area (Å²) in [5.74, 6) is -1.10. The first-order valence-corrected chi connectivity index (χ1v) is 15.5. The van der Waals surface area contributed by atoms with Crippen LogP contribution in [0.5, 0.6) is 5.75 Å². The Labute approximate surface area is 244 Å². The van der Waals surface area contributed by atoms with Gasteiger partial charge in [0.1, 0.15) is 17.4 Å². The lowest BCUT2D eigenvalue weighted by molar-refractivity contribution is -0.141. The Morgan fingerprint density at radius 1 is 1.12 bits per heavy atom. The number of anilines is 1. The molecule has 2 bridgehead atoms. The number of ether oxygens (including phenoxy) is 2. The number of rotatable bonds is 12. The highest BCUT2D eigenvalue weighted by atomic mass is 16.5. The Morgan fingerprint density at radius 2 is 1.88 bits per heavy atom. The maximum absolute atomic E-state index is 14.3. The van der Waals surface area contributed by atoms with Gasteiger partial charge < -0.3 is 29.9 Å². The summed E-state index contributed by atoms with van der Waals surface area (Å²) in [6.45, 7) is 9.45. The third-order valence-electron chi connectivity index (χ3n) is 9.44. The van der Waals surface area contributed by atoms with Crippen molar-refractivity contribution < 1.29 is 23.9 Å². The van der Waals surface area contributed by atoms with Crippen LogP contribution >= 0.6 is 0 Å². The molecule has 2 N–H and O–H groups in total. The predicted octanol–water partition coefficient (Wildman–Crippen LogP) is 3.60. The number of amides is 3. The average molecular weight is 567 g/mol. The lowest BCUT2D eigenvalue weighted by atomic mass is 9.74. The minimum absolute atomic E-state index is 0.0788. The largest absolute Gasteiger partial charge is 0.497 e. The topological polar surface area (TPSA) is 100 Å². The zero-order chi connectivity index (χ0) is 29.1. The van der Waals surface area contributed by atoms with Crippen molar-refractivity contribution in [2.24, 2.45) is 17.8 Å². The standard InChI is InChI=1S/C32H46N4O5/c1-5-16-35(17-6-2)18-19-36-28(30(38)34-24-13-8-7-10-21(24)3)32-15-14-25(41-32)26(27(32)31(36)39)29(37)33-22-11-9-12-23(20-22)40-4/h9,11-12,14-15,20-21,24-28H,5-8,10,13,16-19H2,1-4H3,(H,33,37)(H,34,38)/t21?,24?,25-,26?,27-,28?,32?/m0/s1. The summed E-state index contributed by atoms with van der Waals surface area (Å²) in [6.07, 6.45) is 9.52. The molecule has 3 fully saturated rings. The molecular formula is C32H46N4O5. The van der Waals surface area contributed by atoms with Gasteiger partial charge in [-0.25, -0.2) is 0 Å². The molecule has 4 aliphatic rings. The summed E-state index contributed by atoms with van der Waals surface area (Å²) in [4.78, 5) is 46.2. The van der Waals surface area contributed by atoms with Crippen molar-refractivity contribution in [3.05, 3.63) is 36.4 Å². The van der Waals surface area contributed by atoms with E-state index in [0.29, 0.717) is 30.4 Å². The highest BCUT2D eigenvalue weighted by Crippen LogP contribution is 2.55. The van der Waals surface area contributed by atoms with Gasteiger partial charge >= 0.3 is 0 Å². The molecule has 3 heterocycles. The van der Waals surface area contributed by atoms with Gasteiger partial charge in [0, 0.05) is 30.9 Å². The number of carbonyl (C=O) groups excluding carboxylic acids is 3. The van der Waals surface area contributed by atoms with Crippen LogP contribution in [-0.4, -0.2) is 84.6 Å². The summed E-state index contributed by atoms with van der Waals surface area (Å²) in [5, 5.41) is 6.29. The highest BCUT2D eigenvalue weighted by molar-refractivity contribution is 6.02. The first-order chi connectivity index (χ1) is 19.8. The Balaban J connectivity index is 1.42. The fraction of sp³-hybridized carbons (Fsp3) is 0.656. The van der Waals surface area contributed by atoms with Crippen LogP contribution in [-0.2, 0) is 19.1 Å². The van der Waals surface area contributed by atoms with Gasteiger partial charge in [0.2, 0.25) is 17.7 Å². The SMILES string of the molecule is CCCN(CCC)CCN1C(=O)[C@@H]2C(C(=O)Nc3cccc(OC)c3)[C@@H]3C=CC2(O3)C1C(=O)NC1CCCCC1C. The number of carbonyl (C=O) groups is 3. The molecule has 1 aromatic rings. The van der Waals surface area contributed by atoms with E-state index in [2.05, 4.69) is 36.3 Å². The van der Waals surface area contributed by atoms with Gasteiger partial charge in [-0.3, -0.25) is 14.4 Å². The van der Waals surface area contributed by atoms with Gasteiger partial charge in [0.05, 0.1) is 25.0 Å². The monoisotopic (exact) mass is 566 g/mol. The van der Waals surface area contributed by atoms with E-state index >= 15 is 0 Å². The molecule has 1 aromatic carbocycles. The van der Waals surface area contributed by atoms with E-state index in [1.54, 1.807) is 30.2 Å². The molecule has 5 rings (SSSR count). The molecule has 2 saturated heterocycles. The maximum atomic E-state index is 14.3. The molecule has 0 aromatic heterocycles. The third kappa shape index (κ3) is 5.63.